The molecule has 13 heteroatoms. The molecule has 2 aromatic carbocycles. The number of aromatic nitrogens is 2. The van der Waals surface area contributed by atoms with Crippen molar-refractivity contribution in [1.82, 2.24) is 19.4 Å². The minimum Gasteiger partial charge on any atom is -0.494 e. The lowest BCUT2D eigenvalue weighted by Gasteiger charge is -2.34. The number of nitrogens with zero attached hydrogens (tertiary/aromatic N) is 4. The summed E-state index contributed by atoms with van der Waals surface area (Å²) < 4.78 is 14.1. The minimum atomic E-state index is -1.26. The van der Waals surface area contributed by atoms with Crippen molar-refractivity contribution in [3.63, 3.8) is 0 Å². The number of nitrogens with one attached hydrogen (secondary N) is 1. The summed E-state index contributed by atoms with van der Waals surface area (Å²) in [6.07, 6.45) is 3.15. The van der Waals surface area contributed by atoms with Gasteiger partial charge in [-0.25, -0.2) is 14.6 Å². The van der Waals surface area contributed by atoms with Crippen molar-refractivity contribution in [2.75, 3.05) is 63.6 Å². The molecular formula is C32H41N5O7S. The van der Waals surface area contributed by atoms with E-state index < -0.39 is 11.9 Å². The Morgan fingerprint density at radius 1 is 0.978 bits per heavy atom. The molecule has 0 radical (unpaired) electrons. The van der Waals surface area contributed by atoms with Gasteiger partial charge in [0.15, 0.2) is 0 Å². The number of thioether (sulfide) groups is 1. The number of aliphatic carboxylic acids is 2. The number of hydrogen-bond acceptors (Lipinski definition) is 9. The Bertz CT molecular complexity index is 1450. The largest absolute Gasteiger partial charge is 0.494 e. The number of fused-ring (bicyclic) bond motifs is 2. The number of benzene rings is 2. The van der Waals surface area contributed by atoms with Crippen LogP contribution in [0.4, 0.5) is 5.69 Å². The molecule has 1 amide bonds. The molecule has 2 aliphatic heterocycles. The zero-order valence-corrected chi connectivity index (χ0v) is 26.3. The number of imidazole rings is 1. The number of hydrogen-bond donors (Lipinski definition) is 3. The van der Waals surface area contributed by atoms with E-state index in [1.54, 1.807) is 11.8 Å². The normalized spacial score (nSPS) is 15.4. The van der Waals surface area contributed by atoms with Gasteiger partial charge in [0, 0.05) is 62.9 Å². The fourth-order valence-corrected chi connectivity index (χ4v) is 5.87. The van der Waals surface area contributed by atoms with Gasteiger partial charge in [-0.3, -0.25) is 9.69 Å². The van der Waals surface area contributed by atoms with Gasteiger partial charge in [0.1, 0.15) is 11.6 Å². The quantitative estimate of drug-likeness (QED) is 0.175. The monoisotopic (exact) mass is 639 g/mol. The van der Waals surface area contributed by atoms with E-state index in [1.807, 2.05) is 18.2 Å². The molecule has 2 aliphatic rings. The third-order valence-corrected chi connectivity index (χ3v) is 8.27. The molecule has 3 aromatic rings. The van der Waals surface area contributed by atoms with E-state index in [4.69, 9.17) is 24.7 Å². The maximum atomic E-state index is 11.5. The van der Waals surface area contributed by atoms with Crippen molar-refractivity contribution < 1.29 is 34.1 Å². The zero-order valence-electron chi connectivity index (χ0n) is 25.5. The Balaban J connectivity index is 0.000000510. The van der Waals surface area contributed by atoms with Gasteiger partial charge in [0.05, 0.1) is 42.2 Å². The third kappa shape index (κ3) is 10.9. The van der Waals surface area contributed by atoms with Crippen molar-refractivity contribution in [3.05, 3.63) is 60.4 Å². The minimum absolute atomic E-state index is 0.0573. The molecule has 1 saturated heterocycles. The molecule has 1 aromatic heterocycles. The van der Waals surface area contributed by atoms with Crippen LogP contribution in [0.5, 0.6) is 5.75 Å². The topological polar surface area (TPSA) is 146 Å². The second-order valence-electron chi connectivity index (χ2n) is 10.6. The van der Waals surface area contributed by atoms with Gasteiger partial charge in [0.25, 0.3) is 0 Å². The SMILES string of the molecule is CCCOCCn1c(CN2CCN(CCCOc3ccc4c(c3)SCC(=O)N4)CC2)nc2ccccc21.O=C(O)/C=C\C(=O)O. The molecule has 3 heterocycles. The second-order valence-corrected chi connectivity index (χ2v) is 11.6. The van der Waals surface area contributed by atoms with Crippen LogP contribution in [0.3, 0.4) is 0 Å². The molecule has 0 unspecified atom stereocenters. The highest BCUT2D eigenvalue weighted by molar-refractivity contribution is 8.00. The highest BCUT2D eigenvalue weighted by atomic mass is 32.2. The van der Waals surface area contributed by atoms with Crippen LogP contribution in [0, 0.1) is 0 Å². The average Bonchev–Trinajstić information content (AvgIpc) is 3.38. The first-order chi connectivity index (χ1) is 21.8. The van der Waals surface area contributed by atoms with Gasteiger partial charge in [-0.2, -0.15) is 0 Å². The highest BCUT2D eigenvalue weighted by Gasteiger charge is 2.20. The summed E-state index contributed by atoms with van der Waals surface area (Å²) in [6, 6.07) is 14.3. The van der Waals surface area contributed by atoms with Gasteiger partial charge in [-0.1, -0.05) is 19.1 Å². The predicted molar refractivity (Wildman–Crippen MR) is 173 cm³/mol. The molecular weight excluding hydrogens is 598 g/mol. The van der Waals surface area contributed by atoms with Crippen molar-refractivity contribution in [3.8, 4) is 5.75 Å². The summed E-state index contributed by atoms with van der Waals surface area (Å²) in [7, 11) is 0. The van der Waals surface area contributed by atoms with Crippen LogP contribution in [-0.2, 0) is 32.2 Å². The number of piperazine rings is 1. The first-order valence-electron chi connectivity index (χ1n) is 15.1. The van der Waals surface area contributed by atoms with Gasteiger partial charge in [0.2, 0.25) is 5.91 Å². The third-order valence-electron chi connectivity index (χ3n) is 7.21. The van der Waals surface area contributed by atoms with Gasteiger partial charge in [-0.15, -0.1) is 11.8 Å². The summed E-state index contributed by atoms with van der Waals surface area (Å²) in [5, 5.41) is 18.5. The van der Waals surface area contributed by atoms with Gasteiger partial charge in [-0.05, 0) is 43.2 Å². The first-order valence-corrected chi connectivity index (χ1v) is 16.1. The summed E-state index contributed by atoms with van der Waals surface area (Å²) in [4.78, 5) is 41.7. The predicted octanol–water partition coefficient (Wildman–Crippen LogP) is 3.81. The van der Waals surface area contributed by atoms with Crippen LogP contribution in [0.25, 0.3) is 11.0 Å². The number of carboxylic acid groups (broad SMARTS) is 2. The fourth-order valence-electron chi connectivity index (χ4n) is 5.03. The number of carbonyl (C=O) groups excluding carboxylic acids is 1. The fraction of sp³-hybridized carbons (Fsp3) is 0.438. The van der Waals surface area contributed by atoms with Crippen molar-refractivity contribution in [1.29, 1.82) is 0 Å². The van der Waals surface area contributed by atoms with Crippen LogP contribution < -0.4 is 10.1 Å². The van der Waals surface area contributed by atoms with Gasteiger partial charge < -0.3 is 34.5 Å². The molecule has 0 aliphatic carbocycles. The second kappa shape index (κ2) is 17.5. The molecule has 0 saturated carbocycles. The summed E-state index contributed by atoms with van der Waals surface area (Å²) in [5.74, 6) is 0.0107. The van der Waals surface area contributed by atoms with Crippen LogP contribution >= 0.6 is 11.8 Å². The molecule has 3 N–H and O–H groups in total. The highest BCUT2D eigenvalue weighted by Crippen LogP contribution is 2.34. The Labute approximate surface area is 267 Å². The van der Waals surface area contributed by atoms with E-state index in [-0.39, 0.29) is 5.91 Å². The molecule has 0 bridgehead atoms. The van der Waals surface area contributed by atoms with Crippen LogP contribution in [0.15, 0.2) is 59.5 Å². The van der Waals surface area contributed by atoms with Gasteiger partial charge >= 0.3 is 11.9 Å². The molecule has 5 rings (SSSR count). The van der Waals surface area contributed by atoms with Crippen molar-refractivity contribution >= 4 is 46.3 Å². The summed E-state index contributed by atoms with van der Waals surface area (Å²) in [5.41, 5.74) is 3.14. The number of anilines is 1. The average molecular weight is 640 g/mol. The first kappa shape index (κ1) is 34.0. The molecule has 45 heavy (non-hydrogen) atoms. The Morgan fingerprint density at radius 2 is 1.71 bits per heavy atom. The van der Waals surface area contributed by atoms with Crippen molar-refractivity contribution in [2.45, 2.75) is 37.8 Å². The van der Waals surface area contributed by atoms with Crippen molar-refractivity contribution in [2.24, 2.45) is 0 Å². The van der Waals surface area contributed by atoms with Crippen LogP contribution in [0.2, 0.25) is 0 Å². The number of ether oxygens (including phenoxy) is 2. The Kier molecular flexibility index (Phi) is 13.2. The van der Waals surface area contributed by atoms with E-state index in [1.165, 1.54) is 5.52 Å². The number of amides is 1. The lowest BCUT2D eigenvalue weighted by atomic mass is 10.2. The molecule has 0 atom stereocenters. The van der Waals surface area contributed by atoms with E-state index in [0.717, 1.165) is 99.5 Å². The number of carbonyl (C=O) groups is 3. The summed E-state index contributed by atoms with van der Waals surface area (Å²) in [6.45, 7) is 11.3. The Morgan fingerprint density at radius 3 is 2.44 bits per heavy atom. The maximum absolute atomic E-state index is 11.5. The lowest BCUT2D eigenvalue weighted by Crippen LogP contribution is -2.46. The smallest absolute Gasteiger partial charge is 0.328 e. The molecule has 0 spiro atoms. The number of carboxylic acids is 2. The lowest BCUT2D eigenvalue weighted by molar-refractivity contribution is -0.134. The Hall–Kier alpha value is -3.91. The maximum Gasteiger partial charge on any atom is 0.328 e. The molecule has 12 nitrogen and oxygen atoms in total. The van der Waals surface area contributed by atoms with Crippen LogP contribution in [0.1, 0.15) is 25.6 Å². The van der Waals surface area contributed by atoms with Crippen LogP contribution in [-0.4, -0.2) is 106 Å². The van der Waals surface area contributed by atoms with E-state index in [0.29, 0.717) is 24.5 Å². The van der Waals surface area contributed by atoms with E-state index in [2.05, 4.69) is 50.9 Å². The van der Waals surface area contributed by atoms with E-state index >= 15 is 0 Å². The molecule has 1 fully saturated rings. The van der Waals surface area contributed by atoms with E-state index in [9.17, 15) is 14.4 Å². The number of para-hydroxylation sites is 2. The number of rotatable bonds is 14. The summed E-state index contributed by atoms with van der Waals surface area (Å²) >= 11 is 1.56. The molecule has 242 valence electrons. The standard InChI is InChI=1S/C28H37N5O3S.C4H4O4/c1-2-16-35-18-15-33-25-7-4-3-6-23(25)29-27(33)20-32-13-11-31(12-14-32)10-5-17-36-22-8-9-24-26(19-22)37-21-28(34)30-24;5-3(6)1-2-4(7)8/h3-4,6-9,19H,2,5,10-18,20-21H2,1H3,(H,30,34);1-2H,(H,5,6)(H,7,8)/b;2-1-. The zero-order chi connectivity index (χ0) is 32.0.